The summed E-state index contributed by atoms with van der Waals surface area (Å²) < 4.78 is 40.1. The molecule has 7 heteroatoms. The summed E-state index contributed by atoms with van der Waals surface area (Å²) >= 11 is 0. The van der Waals surface area contributed by atoms with Crippen LogP contribution in [0.4, 0.5) is 13.2 Å². The van der Waals surface area contributed by atoms with Gasteiger partial charge in [-0.3, -0.25) is 4.79 Å². The van der Waals surface area contributed by atoms with Crippen molar-refractivity contribution in [1.82, 2.24) is 10.6 Å². The number of hydrogen-bond donors (Lipinski definition) is 3. The number of rotatable bonds is 9. The minimum atomic E-state index is -1.24. The maximum atomic E-state index is 13.6. The van der Waals surface area contributed by atoms with Crippen molar-refractivity contribution in [2.45, 2.75) is 71.1 Å². The van der Waals surface area contributed by atoms with Crippen LogP contribution >= 0.6 is 0 Å². The van der Waals surface area contributed by atoms with Gasteiger partial charge in [0, 0.05) is 18.7 Å². The molecule has 0 saturated heterocycles. The molecule has 34 heavy (non-hydrogen) atoms. The lowest BCUT2D eigenvalue weighted by Crippen LogP contribution is -2.49. The Hall–Kier alpha value is -2.38. The monoisotopic (exact) mass is 476 g/mol. The summed E-state index contributed by atoms with van der Waals surface area (Å²) in [6, 6.07) is 8.80. The number of alkyl halides is 1. The first-order chi connectivity index (χ1) is 16.0. The summed E-state index contributed by atoms with van der Waals surface area (Å²) in [7, 11) is 0. The average Bonchev–Trinajstić information content (AvgIpc) is 2.75. The van der Waals surface area contributed by atoms with Crippen LogP contribution in [-0.2, 0) is 24.1 Å². The maximum Gasteiger partial charge on any atom is 0.251 e. The first-order valence-electron chi connectivity index (χ1n) is 11.9. The van der Waals surface area contributed by atoms with Gasteiger partial charge >= 0.3 is 0 Å². The first kappa shape index (κ1) is 26.2. The number of carbonyl (C=O) groups excluding carboxylic acids is 1. The lowest BCUT2D eigenvalue weighted by molar-refractivity contribution is -0.123. The fourth-order valence-corrected chi connectivity index (χ4v) is 4.70. The van der Waals surface area contributed by atoms with E-state index in [2.05, 4.69) is 49.6 Å². The van der Waals surface area contributed by atoms with Crippen LogP contribution in [0, 0.1) is 17.0 Å². The van der Waals surface area contributed by atoms with E-state index in [9.17, 15) is 23.1 Å². The number of halogens is 3. The summed E-state index contributed by atoms with van der Waals surface area (Å²) in [6.45, 7) is 5.52. The molecule has 2 unspecified atom stereocenters. The van der Waals surface area contributed by atoms with Crippen LogP contribution in [0.15, 0.2) is 36.4 Å². The van der Waals surface area contributed by atoms with Crippen LogP contribution in [0.5, 0.6) is 0 Å². The smallest absolute Gasteiger partial charge is 0.251 e. The molecular weight excluding hydrogens is 441 g/mol. The topological polar surface area (TPSA) is 61.4 Å². The Morgan fingerprint density at radius 2 is 1.82 bits per heavy atom. The van der Waals surface area contributed by atoms with Crippen LogP contribution < -0.4 is 10.6 Å². The molecule has 186 valence electrons. The zero-order chi connectivity index (χ0) is 24.9. The highest BCUT2D eigenvalue weighted by molar-refractivity contribution is 5.77. The largest absolute Gasteiger partial charge is 0.390 e. The van der Waals surface area contributed by atoms with Crippen molar-refractivity contribution in [2.24, 2.45) is 5.41 Å². The van der Waals surface area contributed by atoms with Crippen LogP contribution in [0.2, 0.25) is 0 Å². The van der Waals surface area contributed by atoms with E-state index in [4.69, 9.17) is 0 Å². The standard InChI is InChI=1S/C27H35F3N2O2/c1-27(2,3)14-17-7-8-19-5-4-6-23(22(19)11-17)31-16-25(33)24(32-26(34)15-28)12-18-9-20(29)13-21(30)10-18/h7-11,13,23-25,31,33H,4-6,12,14-16H2,1-3H3,(H,32,34)/t23-,24?,25?/m0/s1. The van der Waals surface area contributed by atoms with Gasteiger partial charge in [0.25, 0.3) is 5.91 Å². The number of aliphatic hydroxyl groups excluding tert-OH is 1. The zero-order valence-corrected chi connectivity index (χ0v) is 20.1. The van der Waals surface area contributed by atoms with Crippen LogP contribution in [0.3, 0.4) is 0 Å². The van der Waals surface area contributed by atoms with Gasteiger partial charge in [0.2, 0.25) is 0 Å². The minimum absolute atomic E-state index is 0.0275. The molecular formula is C27H35F3N2O2. The molecule has 1 aliphatic carbocycles. The number of nitrogens with one attached hydrogen (secondary N) is 2. The number of fused-ring (bicyclic) bond motifs is 1. The SMILES string of the molecule is CC(C)(C)Cc1ccc2c(c1)[C@@H](NCC(O)C(Cc1cc(F)cc(F)c1)NC(=O)CF)CCC2. The van der Waals surface area contributed by atoms with Gasteiger partial charge in [0.15, 0.2) is 6.67 Å². The molecule has 4 nitrogen and oxygen atoms in total. The number of aryl methyl sites for hydroxylation is 1. The number of amides is 1. The van der Waals surface area contributed by atoms with Crippen molar-refractivity contribution in [3.63, 3.8) is 0 Å². The van der Waals surface area contributed by atoms with Gasteiger partial charge in [-0.15, -0.1) is 0 Å². The Labute approximate surface area is 200 Å². The molecule has 0 saturated carbocycles. The van der Waals surface area contributed by atoms with Crippen molar-refractivity contribution in [3.8, 4) is 0 Å². The van der Waals surface area contributed by atoms with E-state index in [0.717, 1.165) is 43.9 Å². The summed E-state index contributed by atoms with van der Waals surface area (Å²) in [5, 5.41) is 16.7. The highest BCUT2D eigenvalue weighted by Gasteiger charge is 2.26. The maximum absolute atomic E-state index is 13.6. The van der Waals surface area contributed by atoms with Crippen molar-refractivity contribution >= 4 is 5.91 Å². The summed E-state index contributed by atoms with van der Waals surface area (Å²) in [5.74, 6) is -2.37. The van der Waals surface area contributed by atoms with Gasteiger partial charge < -0.3 is 15.7 Å². The molecule has 2 aromatic rings. The van der Waals surface area contributed by atoms with E-state index in [-0.39, 0.29) is 30.0 Å². The molecule has 0 heterocycles. The molecule has 0 aliphatic heterocycles. The Morgan fingerprint density at radius 1 is 1.12 bits per heavy atom. The van der Waals surface area contributed by atoms with Crippen LogP contribution in [-0.4, -0.2) is 36.4 Å². The van der Waals surface area contributed by atoms with E-state index < -0.39 is 36.4 Å². The predicted octanol–water partition coefficient (Wildman–Crippen LogP) is 4.58. The number of hydrogen-bond acceptors (Lipinski definition) is 3. The van der Waals surface area contributed by atoms with E-state index in [0.29, 0.717) is 0 Å². The Kier molecular flexibility index (Phi) is 8.77. The lowest BCUT2D eigenvalue weighted by Gasteiger charge is -2.31. The molecule has 2 aromatic carbocycles. The highest BCUT2D eigenvalue weighted by atomic mass is 19.1. The van der Waals surface area contributed by atoms with Crippen molar-refractivity contribution in [1.29, 1.82) is 0 Å². The Balaban J connectivity index is 1.72. The second-order valence-corrected chi connectivity index (χ2v) is 10.5. The number of benzene rings is 2. The molecule has 1 aliphatic rings. The van der Waals surface area contributed by atoms with Crippen LogP contribution in [0.1, 0.15) is 61.9 Å². The quantitative estimate of drug-likeness (QED) is 0.497. The Bertz CT molecular complexity index is 970. The van der Waals surface area contributed by atoms with Crippen molar-refractivity contribution < 1.29 is 23.1 Å². The van der Waals surface area contributed by atoms with E-state index in [1.807, 2.05) is 0 Å². The first-order valence-corrected chi connectivity index (χ1v) is 11.9. The van der Waals surface area contributed by atoms with Gasteiger partial charge in [0.05, 0.1) is 12.1 Å². The number of aliphatic hydroxyl groups is 1. The highest BCUT2D eigenvalue weighted by Crippen LogP contribution is 2.32. The fraction of sp³-hybridized carbons (Fsp3) is 0.519. The molecule has 3 N–H and O–H groups in total. The molecule has 3 rings (SSSR count). The molecule has 3 atom stereocenters. The van der Waals surface area contributed by atoms with Gasteiger partial charge in [-0.2, -0.15) is 0 Å². The minimum Gasteiger partial charge on any atom is -0.390 e. The third-order valence-electron chi connectivity index (χ3n) is 6.14. The Morgan fingerprint density at radius 3 is 2.47 bits per heavy atom. The van der Waals surface area contributed by atoms with E-state index >= 15 is 0 Å². The fourth-order valence-electron chi connectivity index (χ4n) is 4.70. The molecule has 1 amide bonds. The van der Waals surface area contributed by atoms with Gasteiger partial charge in [-0.25, -0.2) is 13.2 Å². The third-order valence-corrected chi connectivity index (χ3v) is 6.14. The normalized spacial score (nSPS) is 17.7. The summed E-state index contributed by atoms with van der Waals surface area (Å²) in [6.07, 6.45) is 2.79. The zero-order valence-electron chi connectivity index (χ0n) is 20.1. The van der Waals surface area contributed by atoms with Gasteiger partial charge in [-0.05, 0) is 71.9 Å². The number of carbonyl (C=O) groups is 1. The third kappa shape index (κ3) is 7.57. The second-order valence-electron chi connectivity index (χ2n) is 10.5. The lowest BCUT2D eigenvalue weighted by atomic mass is 9.82. The second kappa shape index (κ2) is 11.4. The molecule has 0 bridgehead atoms. The summed E-state index contributed by atoms with van der Waals surface area (Å²) in [4.78, 5) is 11.7. The molecule has 0 fully saturated rings. The molecule has 0 radical (unpaired) electrons. The molecule has 0 spiro atoms. The van der Waals surface area contributed by atoms with E-state index in [1.165, 1.54) is 16.7 Å². The summed E-state index contributed by atoms with van der Waals surface area (Å²) in [5.41, 5.74) is 4.21. The predicted molar refractivity (Wildman–Crippen MR) is 127 cm³/mol. The van der Waals surface area contributed by atoms with Gasteiger partial charge in [0.1, 0.15) is 11.6 Å². The van der Waals surface area contributed by atoms with E-state index in [1.54, 1.807) is 0 Å². The van der Waals surface area contributed by atoms with Crippen molar-refractivity contribution in [2.75, 3.05) is 13.2 Å². The van der Waals surface area contributed by atoms with Crippen molar-refractivity contribution in [3.05, 3.63) is 70.3 Å². The average molecular weight is 477 g/mol. The molecule has 0 aromatic heterocycles. The van der Waals surface area contributed by atoms with Crippen LogP contribution in [0.25, 0.3) is 0 Å². The van der Waals surface area contributed by atoms with Gasteiger partial charge in [-0.1, -0.05) is 39.0 Å².